The van der Waals surface area contributed by atoms with Crippen LogP contribution in [-0.4, -0.2) is 33.2 Å². The summed E-state index contributed by atoms with van der Waals surface area (Å²) in [6, 6.07) is 6.86. The molecule has 3 heterocycles. The van der Waals surface area contributed by atoms with Gasteiger partial charge in [-0.05, 0) is 11.6 Å². The molecule has 23 heavy (non-hydrogen) atoms. The summed E-state index contributed by atoms with van der Waals surface area (Å²) in [7, 11) is 0. The number of aromatic nitrogens is 2. The number of aryl methyl sites for hydroxylation is 1. The lowest BCUT2D eigenvalue weighted by molar-refractivity contribution is -0.123. The first kappa shape index (κ1) is 14.3. The Morgan fingerprint density at radius 1 is 1.43 bits per heavy atom. The number of hydrogen-bond donors (Lipinski definition) is 2. The van der Waals surface area contributed by atoms with Crippen LogP contribution in [0.2, 0.25) is 0 Å². The van der Waals surface area contributed by atoms with Crippen molar-refractivity contribution in [2.75, 3.05) is 5.75 Å². The summed E-state index contributed by atoms with van der Waals surface area (Å²) in [6.45, 7) is 1.35. The van der Waals surface area contributed by atoms with Crippen LogP contribution in [0, 0.1) is 0 Å². The minimum absolute atomic E-state index is 0.173. The van der Waals surface area contributed by atoms with Crippen molar-refractivity contribution in [1.29, 1.82) is 0 Å². The summed E-state index contributed by atoms with van der Waals surface area (Å²) in [6.07, 6.45) is 2.49. The van der Waals surface area contributed by atoms with Gasteiger partial charge in [0.15, 0.2) is 5.16 Å². The van der Waals surface area contributed by atoms with Gasteiger partial charge in [0, 0.05) is 30.5 Å². The first-order valence-electron chi connectivity index (χ1n) is 7.56. The number of fused-ring (bicyclic) bond motifs is 2. The van der Waals surface area contributed by atoms with E-state index in [1.54, 1.807) is 17.8 Å². The lowest BCUT2D eigenvalue weighted by Crippen LogP contribution is -2.50. The third-order valence-electron chi connectivity index (χ3n) is 4.10. The smallest absolute Gasteiger partial charge is 0.252 e. The summed E-state index contributed by atoms with van der Waals surface area (Å²) >= 11 is 1.73. The van der Waals surface area contributed by atoms with E-state index in [9.17, 15) is 9.59 Å². The molecule has 1 aromatic carbocycles. The molecule has 0 aliphatic carbocycles. The molecule has 0 bridgehead atoms. The number of nitrogens with one attached hydrogen (secondary N) is 2. The monoisotopic (exact) mass is 328 g/mol. The third kappa shape index (κ3) is 2.72. The minimum Gasteiger partial charge on any atom is -0.349 e. The average molecular weight is 328 g/mol. The largest absolute Gasteiger partial charge is 0.349 e. The highest BCUT2D eigenvalue weighted by Gasteiger charge is 2.28. The molecule has 118 valence electrons. The molecule has 2 amide bonds. The quantitative estimate of drug-likeness (QED) is 0.880. The van der Waals surface area contributed by atoms with E-state index in [1.165, 1.54) is 0 Å². The molecular weight excluding hydrogens is 312 g/mol. The summed E-state index contributed by atoms with van der Waals surface area (Å²) in [5.74, 6) is 0.695. The molecule has 0 saturated carbocycles. The standard InChI is InChI=1S/C16H16N4O2S/c21-14-12-4-2-1-3-10(12)7-13(19-14)15(22)17-8-11-9-20-5-6-23-16(20)18-11/h1-4,9,13H,5-8H2,(H,17,22)(H,19,21)/t13-/m0/s1. The SMILES string of the molecule is O=C1N[C@H](C(=O)NCc2cn3c(n2)SCC3)Cc2ccccc21. The zero-order valence-electron chi connectivity index (χ0n) is 12.4. The molecular formula is C16H16N4O2S. The summed E-state index contributed by atoms with van der Waals surface area (Å²) in [5.41, 5.74) is 2.41. The van der Waals surface area contributed by atoms with Gasteiger partial charge in [-0.3, -0.25) is 9.59 Å². The Morgan fingerprint density at radius 2 is 2.30 bits per heavy atom. The first-order valence-corrected chi connectivity index (χ1v) is 8.54. The van der Waals surface area contributed by atoms with Crippen LogP contribution < -0.4 is 10.6 Å². The van der Waals surface area contributed by atoms with E-state index in [1.807, 2.05) is 24.4 Å². The highest BCUT2D eigenvalue weighted by atomic mass is 32.2. The Bertz CT molecular complexity index is 765. The fourth-order valence-corrected chi connectivity index (χ4v) is 3.89. The maximum absolute atomic E-state index is 12.3. The average Bonchev–Trinajstić information content (AvgIpc) is 3.14. The Balaban J connectivity index is 1.40. The Hall–Kier alpha value is -2.28. The molecule has 6 nitrogen and oxygen atoms in total. The van der Waals surface area contributed by atoms with E-state index >= 15 is 0 Å². The number of imidazole rings is 1. The summed E-state index contributed by atoms with van der Waals surface area (Å²) < 4.78 is 2.10. The van der Waals surface area contributed by atoms with Crippen LogP contribution in [-0.2, 0) is 24.3 Å². The predicted molar refractivity (Wildman–Crippen MR) is 86.2 cm³/mol. The molecule has 1 aromatic heterocycles. The lowest BCUT2D eigenvalue weighted by atomic mass is 9.95. The highest BCUT2D eigenvalue weighted by Crippen LogP contribution is 2.24. The van der Waals surface area contributed by atoms with Crippen LogP contribution in [0.1, 0.15) is 21.6 Å². The van der Waals surface area contributed by atoms with Crippen LogP contribution in [0.15, 0.2) is 35.6 Å². The van der Waals surface area contributed by atoms with Crippen molar-refractivity contribution >= 4 is 23.6 Å². The maximum atomic E-state index is 12.3. The molecule has 2 aromatic rings. The molecule has 4 rings (SSSR count). The van der Waals surface area contributed by atoms with Crippen molar-refractivity contribution in [3.63, 3.8) is 0 Å². The molecule has 2 aliphatic rings. The Labute approximate surface area is 137 Å². The second-order valence-corrected chi connectivity index (χ2v) is 6.72. The van der Waals surface area contributed by atoms with Gasteiger partial charge in [0.05, 0.1) is 12.2 Å². The van der Waals surface area contributed by atoms with Gasteiger partial charge in [-0.25, -0.2) is 4.98 Å². The number of carbonyl (C=O) groups is 2. The van der Waals surface area contributed by atoms with Crippen LogP contribution >= 0.6 is 11.8 Å². The number of nitrogens with zero attached hydrogens (tertiary/aromatic N) is 2. The van der Waals surface area contributed by atoms with Gasteiger partial charge in [-0.15, -0.1) is 0 Å². The van der Waals surface area contributed by atoms with E-state index in [0.717, 1.165) is 28.7 Å². The van der Waals surface area contributed by atoms with E-state index in [-0.39, 0.29) is 11.8 Å². The number of hydrogen-bond acceptors (Lipinski definition) is 4. The Morgan fingerprint density at radius 3 is 3.17 bits per heavy atom. The number of amides is 2. The Kier molecular flexibility index (Phi) is 3.57. The zero-order chi connectivity index (χ0) is 15.8. The van der Waals surface area contributed by atoms with Crippen LogP contribution in [0.3, 0.4) is 0 Å². The number of thioether (sulfide) groups is 1. The second kappa shape index (κ2) is 5.73. The highest BCUT2D eigenvalue weighted by molar-refractivity contribution is 7.99. The number of carbonyl (C=O) groups excluding carboxylic acids is 2. The van der Waals surface area contributed by atoms with Crippen LogP contribution in [0.25, 0.3) is 0 Å². The van der Waals surface area contributed by atoms with E-state index in [4.69, 9.17) is 0 Å². The van der Waals surface area contributed by atoms with E-state index in [0.29, 0.717) is 18.5 Å². The van der Waals surface area contributed by atoms with Gasteiger partial charge in [0.25, 0.3) is 5.91 Å². The molecule has 0 spiro atoms. The van der Waals surface area contributed by atoms with Gasteiger partial charge < -0.3 is 15.2 Å². The molecule has 0 saturated heterocycles. The molecule has 0 unspecified atom stereocenters. The van der Waals surface area contributed by atoms with Crippen molar-refractivity contribution in [3.05, 3.63) is 47.3 Å². The number of benzene rings is 1. The lowest BCUT2D eigenvalue weighted by Gasteiger charge is -2.24. The van der Waals surface area contributed by atoms with Crippen molar-refractivity contribution < 1.29 is 9.59 Å². The molecule has 1 atom stereocenters. The molecule has 0 radical (unpaired) electrons. The van der Waals surface area contributed by atoms with Gasteiger partial charge >= 0.3 is 0 Å². The second-order valence-electron chi connectivity index (χ2n) is 5.66. The molecule has 0 fully saturated rings. The van der Waals surface area contributed by atoms with E-state index < -0.39 is 6.04 Å². The van der Waals surface area contributed by atoms with Crippen molar-refractivity contribution in [2.24, 2.45) is 0 Å². The van der Waals surface area contributed by atoms with Crippen molar-refractivity contribution in [2.45, 2.75) is 30.7 Å². The first-order chi connectivity index (χ1) is 11.2. The topological polar surface area (TPSA) is 76.0 Å². The molecule has 7 heteroatoms. The summed E-state index contributed by atoms with van der Waals surface area (Å²) in [5, 5.41) is 6.65. The van der Waals surface area contributed by atoms with Crippen LogP contribution in [0.5, 0.6) is 0 Å². The molecule has 2 N–H and O–H groups in total. The fourth-order valence-electron chi connectivity index (χ4n) is 2.93. The van der Waals surface area contributed by atoms with Gasteiger partial charge in [0.1, 0.15) is 6.04 Å². The van der Waals surface area contributed by atoms with Gasteiger partial charge in [-0.2, -0.15) is 0 Å². The third-order valence-corrected chi connectivity index (χ3v) is 5.08. The maximum Gasteiger partial charge on any atom is 0.252 e. The fraction of sp³-hybridized carbons (Fsp3) is 0.312. The number of rotatable bonds is 3. The predicted octanol–water partition coefficient (Wildman–Crippen LogP) is 0.960. The minimum atomic E-state index is -0.527. The van der Waals surface area contributed by atoms with Crippen molar-refractivity contribution in [3.8, 4) is 0 Å². The van der Waals surface area contributed by atoms with Crippen molar-refractivity contribution in [1.82, 2.24) is 20.2 Å². The normalized spacial score (nSPS) is 19.0. The molecule has 2 aliphatic heterocycles. The van der Waals surface area contributed by atoms with Gasteiger partial charge in [0.2, 0.25) is 5.91 Å². The zero-order valence-corrected chi connectivity index (χ0v) is 13.2. The summed E-state index contributed by atoms with van der Waals surface area (Å²) in [4.78, 5) is 28.9. The van der Waals surface area contributed by atoms with Crippen LogP contribution in [0.4, 0.5) is 0 Å². The van der Waals surface area contributed by atoms with Gasteiger partial charge in [-0.1, -0.05) is 30.0 Å². The van der Waals surface area contributed by atoms with E-state index in [2.05, 4.69) is 20.2 Å².